The van der Waals surface area contributed by atoms with Crippen LogP contribution in [0.1, 0.15) is 16.2 Å². The lowest BCUT2D eigenvalue weighted by atomic mass is 10.2. The van der Waals surface area contributed by atoms with E-state index in [1.165, 1.54) is 6.07 Å². The molecule has 0 radical (unpaired) electrons. The van der Waals surface area contributed by atoms with Crippen molar-refractivity contribution in [2.24, 2.45) is 0 Å². The molecule has 3 aromatic rings. The van der Waals surface area contributed by atoms with E-state index in [-0.39, 0.29) is 17.1 Å². The summed E-state index contributed by atoms with van der Waals surface area (Å²) >= 11 is 0. The van der Waals surface area contributed by atoms with Crippen molar-refractivity contribution >= 4 is 16.8 Å². The van der Waals surface area contributed by atoms with Crippen molar-refractivity contribution in [3.63, 3.8) is 0 Å². The topological polar surface area (TPSA) is 73.6 Å². The zero-order valence-electron chi connectivity index (χ0n) is 9.90. The van der Waals surface area contributed by atoms with Crippen molar-refractivity contribution in [3.05, 3.63) is 53.7 Å². The number of benzene rings is 1. The molecular weight excluding hydrogens is 247 g/mol. The standard InChI is InChI=1S/C13H11FN4O/c14-10-5-1-4-9-11(10)17-18-12(9)13(19)16-7-8-3-2-6-15-8/h1-6,15H,7H2,(H,16,19)(H,17,18). The van der Waals surface area contributed by atoms with Crippen LogP contribution in [0.4, 0.5) is 4.39 Å². The highest BCUT2D eigenvalue weighted by Gasteiger charge is 2.15. The Balaban J connectivity index is 1.84. The maximum Gasteiger partial charge on any atom is 0.270 e. The summed E-state index contributed by atoms with van der Waals surface area (Å²) in [4.78, 5) is 15.0. The Hall–Kier alpha value is -2.63. The van der Waals surface area contributed by atoms with Gasteiger partial charge < -0.3 is 10.3 Å². The van der Waals surface area contributed by atoms with E-state index in [4.69, 9.17) is 0 Å². The second kappa shape index (κ2) is 4.56. The molecule has 1 aromatic carbocycles. The third-order valence-electron chi connectivity index (χ3n) is 2.86. The number of hydrogen-bond donors (Lipinski definition) is 3. The van der Waals surface area contributed by atoms with Gasteiger partial charge in [0.15, 0.2) is 5.82 Å². The predicted molar refractivity (Wildman–Crippen MR) is 68.0 cm³/mol. The first-order valence-electron chi connectivity index (χ1n) is 5.79. The van der Waals surface area contributed by atoms with E-state index in [1.807, 2.05) is 12.1 Å². The second-order valence-electron chi connectivity index (χ2n) is 4.11. The fourth-order valence-electron chi connectivity index (χ4n) is 1.92. The molecule has 0 saturated carbocycles. The highest BCUT2D eigenvalue weighted by atomic mass is 19.1. The molecule has 0 saturated heterocycles. The number of aromatic nitrogens is 3. The Kier molecular flexibility index (Phi) is 2.75. The van der Waals surface area contributed by atoms with Crippen molar-refractivity contribution in [2.75, 3.05) is 0 Å². The molecule has 19 heavy (non-hydrogen) atoms. The van der Waals surface area contributed by atoms with Crippen LogP contribution in [-0.2, 0) is 6.54 Å². The van der Waals surface area contributed by atoms with E-state index < -0.39 is 5.82 Å². The summed E-state index contributed by atoms with van der Waals surface area (Å²) < 4.78 is 13.5. The second-order valence-corrected chi connectivity index (χ2v) is 4.11. The minimum atomic E-state index is -0.447. The SMILES string of the molecule is O=C(NCc1ccc[nH]1)c1[nH]nc2c(F)cccc12. The number of rotatable bonds is 3. The summed E-state index contributed by atoms with van der Waals surface area (Å²) in [6.45, 7) is 0.377. The molecule has 0 unspecified atom stereocenters. The molecule has 0 bridgehead atoms. The summed E-state index contributed by atoms with van der Waals surface area (Å²) in [7, 11) is 0. The lowest BCUT2D eigenvalue weighted by molar-refractivity contribution is 0.0947. The number of H-pyrrole nitrogens is 2. The van der Waals surface area contributed by atoms with Crippen molar-refractivity contribution in [3.8, 4) is 0 Å². The Labute approximate surface area is 107 Å². The summed E-state index contributed by atoms with van der Waals surface area (Å²) in [6, 6.07) is 8.23. The number of nitrogens with one attached hydrogen (secondary N) is 3. The molecular formula is C13H11FN4O. The number of halogens is 1. The normalized spacial score (nSPS) is 10.8. The smallest absolute Gasteiger partial charge is 0.270 e. The van der Waals surface area contributed by atoms with Gasteiger partial charge in [0.25, 0.3) is 5.91 Å². The quantitative estimate of drug-likeness (QED) is 0.672. The van der Waals surface area contributed by atoms with Crippen LogP contribution in [0.25, 0.3) is 10.9 Å². The third-order valence-corrected chi connectivity index (χ3v) is 2.86. The number of amides is 1. The number of nitrogens with zero attached hydrogens (tertiary/aromatic N) is 1. The van der Waals surface area contributed by atoms with Crippen molar-refractivity contribution < 1.29 is 9.18 Å². The molecule has 3 rings (SSSR count). The largest absolute Gasteiger partial charge is 0.364 e. The summed E-state index contributed by atoms with van der Waals surface area (Å²) in [5, 5.41) is 9.60. The maximum atomic E-state index is 13.5. The molecule has 0 aliphatic heterocycles. The molecule has 2 heterocycles. The van der Waals surface area contributed by atoms with Crippen LogP contribution in [0.3, 0.4) is 0 Å². The van der Waals surface area contributed by atoms with Gasteiger partial charge in [-0.05, 0) is 18.2 Å². The van der Waals surface area contributed by atoms with E-state index in [0.29, 0.717) is 11.9 Å². The van der Waals surface area contributed by atoms with Crippen LogP contribution in [0.15, 0.2) is 36.5 Å². The monoisotopic (exact) mass is 258 g/mol. The molecule has 0 spiro atoms. The van der Waals surface area contributed by atoms with Gasteiger partial charge >= 0.3 is 0 Å². The van der Waals surface area contributed by atoms with Crippen LogP contribution in [0.2, 0.25) is 0 Å². The van der Waals surface area contributed by atoms with Gasteiger partial charge in [-0.2, -0.15) is 5.10 Å². The van der Waals surface area contributed by atoms with Crippen LogP contribution in [0, 0.1) is 5.82 Å². The molecule has 0 aliphatic carbocycles. The molecule has 1 amide bonds. The molecule has 0 aliphatic rings. The van der Waals surface area contributed by atoms with Gasteiger partial charge in [0, 0.05) is 17.3 Å². The average Bonchev–Trinajstić information content (AvgIpc) is 3.06. The van der Waals surface area contributed by atoms with Gasteiger partial charge in [-0.1, -0.05) is 12.1 Å². The molecule has 3 N–H and O–H groups in total. The minimum absolute atomic E-state index is 0.174. The Morgan fingerprint density at radius 1 is 1.32 bits per heavy atom. The van der Waals surface area contributed by atoms with E-state index in [0.717, 1.165) is 5.69 Å². The zero-order valence-corrected chi connectivity index (χ0v) is 9.90. The van der Waals surface area contributed by atoms with Gasteiger partial charge in [-0.3, -0.25) is 9.89 Å². The van der Waals surface area contributed by atoms with E-state index in [9.17, 15) is 9.18 Å². The van der Waals surface area contributed by atoms with Gasteiger partial charge in [-0.15, -0.1) is 0 Å². The summed E-state index contributed by atoms with van der Waals surface area (Å²) in [6.07, 6.45) is 1.78. The summed E-state index contributed by atoms with van der Waals surface area (Å²) in [5.74, 6) is -0.764. The number of carbonyl (C=O) groups excluding carboxylic acids is 1. The maximum absolute atomic E-state index is 13.5. The third kappa shape index (κ3) is 2.08. The Morgan fingerprint density at radius 2 is 2.21 bits per heavy atom. The van der Waals surface area contributed by atoms with Gasteiger partial charge in [0.2, 0.25) is 0 Å². The van der Waals surface area contributed by atoms with Gasteiger partial charge in [0.05, 0.1) is 6.54 Å². The fourth-order valence-corrected chi connectivity index (χ4v) is 1.92. The summed E-state index contributed by atoms with van der Waals surface area (Å²) in [5.41, 5.74) is 1.33. The van der Waals surface area contributed by atoms with Gasteiger partial charge in [-0.25, -0.2) is 4.39 Å². The van der Waals surface area contributed by atoms with Crippen molar-refractivity contribution in [1.29, 1.82) is 0 Å². The number of fused-ring (bicyclic) bond motifs is 1. The van der Waals surface area contributed by atoms with Crippen LogP contribution in [-0.4, -0.2) is 21.1 Å². The van der Waals surface area contributed by atoms with Crippen molar-refractivity contribution in [2.45, 2.75) is 6.54 Å². The molecule has 5 nitrogen and oxygen atoms in total. The van der Waals surface area contributed by atoms with Crippen LogP contribution < -0.4 is 5.32 Å². The van der Waals surface area contributed by atoms with E-state index in [1.54, 1.807) is 18.3 Å². The number of para-hydroxylation sites is 1. The zero-order chi connectivity index (χ0) is 13.2. The highest BCUT2D eigenvalue weighted by Crippen LogP contribution is 2.18. The molecule has 2 aromatic heterocycles. The minimum Gasteiger partial charge on any atom is -0.364 e. The Bertz CT molecular complexity index is 717. The van der Waals surface area contributed by atoms with Crippen LogP contribution in [0.5, 0.6) is 0 Å². The molecule has 6 heteroatoms. The number of carbonyl (C=O) groups is 1. The first kappa shape index (κ1) is 11.5. The fraction of sp³-hybridized carbons (Fsp3) is 0.0769. The highest BCUT2D eigenvalue weighted by molar-refractivity contribution is 6.04. The molecule has 0 fully saturated rings. The Morgan fingerprint density at radius 3 is 3.00 bits per heavy atom. The predicted octanol–water partition coefficient (Wildman–Crippen LogP) is 1.96. The molecule has 0 atom stereocenters. The van der Waals surface area contributed by atoms with Crippen LogP contribution >= 0.6 is 0 Å². The lowest BCUT2D eigenvalue weighted by Crippen LogP contribution is -2.23. The van der Waals surface area contributed by atoms with Gasteiger partial charge in [0.1, 0.15) is 11.2 Å². The first-order chi connectivity index (χ1) is 9.25. The first-order valence-corrected chi connectivity index (χ1v) is 5.79. The van der Waals surface area contributed by atoms with E-state index in [2.05, 4.69) is 20.5 Å². The molecule has 96 valence electrons. The lowest BCUT2D eigenvalue weighted by Gasteiger charge is -2.02. The van der Waals surface area contributed by atoms with Crippen molar-refractivity contribution in [1.82, 2.24) is 20.5 Å². The van der Waals surface area contributed by atoms with E-state index >= 15 is 0 Å². The number of hydrogen-bond acceptors (Lipinski definition) is 2. The average molecular weight is 258 g/mol. The number of aromatic amines is 2.